The molecule has 1 aliphatic rings. The highest BCUT2D eigenvalue weighted by Gasteiger charge is 2.34. The van der Waals surface area contributed by atoms with Gasteiger partial charge in [0.05, 0.1) is 17.3 Å². The second kappa shape index (κ2) is 3.32. The van der Waals surface area contributed by atoms with Crippen LogP contribution >= 0.6 is 0 Å². The lowest BCUT2D eigenvalue weighted by Gasteiger charge is -2.22. The lowest BCUT2D eigenvalue weighted by Crippen LogP contribution is -2.35. The average Bonchev–Trinajstić information content (AvgIpc) is 2.84. The van der Waals surface area contributed by atoms with Gasteiger partial charge in [-0.2, -0.15) is 0 Å². The van der Waals surface area contributed by atoms with Crippen molar-refractivity contribution in [2.75, 3.05) is 0 Å². The zero-order valence-electron chi connectivity index (χ0n) is 9.61. The van der Waals surface area contributed by atoms with Crippen molar-refractivity contribution in [1.82, 2.24) is 9.38 Å². The highest BCUT2D eigenvalue weighted by atomic mass is 15.1. The fourth-order valence-electron chi connectivity index (χ4n) is 2.69. The quantitative estimate of drug-likeness (QED) is 0.793. The van der Waals surface area contributed by atoms with Crippen LogP contribution in [0.1, 0.15) is 37.1 Å². The summed E-state index contributed by atoms with van der Waals surface area (Å²) < 4.78 is 2.15. The Morgan fingerprint density at radius 3 is 2.81 bits per heavy atom. The predicted molar refractivity (Wildman–Crippen MR) is 64.3 cm³/mol. The predicted octanol–water partition coefficient (Wildman–Crippen LogP) is 2.37. The average molecular weight is 215 g/mol. The molecule has 0 aliphatic heterocycles. The first-order chi connectivity index (χ1) is 7.69. The van der Waals surface area contributed by atoms with Crippen LogP contribution in [0.25, 0.3) is 5.52 Å². The summed E-state index contributed by atoms with van der Waals surface area (Å²) in [6.07, 6.45) is 8.60. The molecule has 3 heteroatoms. The summed E-state index contributed by atoms with van der Waals surface area (Å²) in [6, 6.07) is 4.21. The molecule has 0 radical (unpaired) electrons. The standard InChI is InChI=1S/C13H17N3/c1-10-4-5-11-8-15-12(16(11)9-10)13(14)6-2-3-7-13/h4-5,8-9H,2-3,6-7,14H2,1H3. The van der Waals surface area contributed by atoms with E-state index < -0.39 is 0 Å². The molecular weight excluding hydrogens is 198 g/mol. The normalized spacial score (nSPS) is 19.4. The smallest absolute Gasteiger partial charge is 0.133 e. The second-order valence-electron chi connectivity index (χ2n) is 4.95. The first kappa shape index (κ1) is 9.85. The molecule has 1 saturated carbocycles. The molecular formula is C13H17N3. The van der Waals surface area contributed by atoms with Gasteiger partial charge in [0, 0.05) is 6.20 Å². The van der Waals surface area contributed by atoms with Crippen LogP contribution in [0, 0.1) is 6.92 Å². The number of pyridine rings is 1. The van der Waals surface area contributed by atoms with Crippen molar-refractivity contribution in [2.24, 2.45) is 5.73 Å². The number of hydrogen-bond donors (Lipinski definition) is 1. The summed E-state index contributed by atoms with van der Waals surface area (Å²) in [5, 5.41) is 0. The maximum absolute atomic E-state index is 6.46. The van der Waals surface area contributed by atoms with Gasteiger partial charge >= 0.3 is 0 Å². The zero-order chi connectivity index (χ0) is 11.2. The van der Waals surface area contributed by atoms with Crippen LogP contribution < -0.4 is 5.73 Å². The SMILES string of the molecule is Cc1ccc2cnc(C3(N)CCCC3)n2c1. The number of fused-ring (bicyclic) bond motifs is 1. The van der Waals surface area contributed by atoms with Gasteiger partial charge in [0.2, 0.25) is 0 Å². The molecule has 2 aromatic heterocycles. The number of hydrogen-bond acceptors (Lipinski definition) is 2. The van der Waals surface area contributed by atoms with Crippen LogP contribution in [0.15, 0.2) is 24.5 Å². The third-order valence-electron chi connectivity index (χ3n) is 3.62. The van der Waals surface area contributed by atoms with Crippen molar-refractivity contribution in [3.63, 3.8) is 0 Å². The Bertz CT molecular complexity index is 521. The second-order valence-corrected chi connectivity index (χ2v) is 4.95. The maximum atomic E-state index is 6.46. The monoisotopic (exact) mass is 215 g/mol. The van der Waals surface area contributed by atoms with E-state index in [0.717, 1.165) is 24.2 Å². The molecule has 2 N–H and O–H groups in total. The Morgan fingerprint density at radius 2 is 2.06 bits per heavy atom. The Morgan fingerprint density at radius 1 is 1.31 bits per heavy atom. The minimum absolute atomic E-state index is 0.208. The van der Waals surface area contributed by atoms with Gasteiger partial charge in [-0.1, -0.05) is 18.9 Å². The lowest BCUT2D eigenvalue weighted by molar-refractivity contribution is 0.429. The minimum Gasteiger partial charge on any atom is -0.319 e. The summed E-state index contributed by atoms with van der Waals surface area (Å²) in [4.78, 5) is 4.53. The van der Waals surface area contributed by atoms with Gasteiger partial charge in [0.15, 0.2) is 0 Å². The molecule has 0 bridgehead atoms. The maximum Gasteiger partial charge on any atom is 0.133 e. The highest BCUT2D eigenvalue weighted by Crippen LogP contribution is 2.35. The number of aromatic nitrogens is 2. The van der Waals surface area contributed by atoms with Crippen molar-refractivity contribution in [3.8, 4) is 0 Å². The Labute approximate surface area is 95.3 Å². The van der Waals surface area contributed by atoms with Crippen molar-refractivity contribution >= 4 is 5.52 Å². The molecule has 0 aromatic carbocycles. The molecule has 16 heavy (non-hydrogen) atoms. The molecule has 0 unspecified atom stereocenters. The van der Waals surface area contributed by atoms with Crippen molar-refractivity contribution in [2.45, 2.75) is 38.1 Å². The van der Waals surface area contributed by atoms with Crippen LogP contribution in [-0.2, 0) is 5.54 Å². The summed E-state index contributed by atoms with van der Waals surface area (Å²) in [5.41, 5.74) is 8.63. The zero-order valence-corrected chi connectivity index (χ0v) is 9.61. The largest absolute Gasteiger partial charge is 0.319 e. The molecule has 1 aliphatic carbocycles. The van der Waals surface area contributed by atoms with E-state index in [4.69, 9.17) is 5.73 Å². The first-order valence-electron chi connectivity index (χ1n) is 5.92. The molecule has 1 fully saturated rings. The number of imidazole rings is 1. The summed E-state index contributed by atoms with van der Waals surface area (Å²) in [6.45, 7) is 2.10. The van der Waals surface area contributed by atoms with Gasteiger partial charge in [0.1, 0.15) is 5.82 Å². The van der Waals surface area contributed by atoms with E-state index in [0.29, 0.717) is 0 Å². The van der Waals surface area contributed by atoms with Gasteiger partial charge in [-0.3, -0.25) is 0 Å². The molecule has 2 heterocycles. The third kappa shape index (κ3) is 1.35. The van der Waals surface area contributed by atoms with E-state index in [1.807, 2.05) is 6.20 Å². The van der Waals surface area contributed by atoms with Gasteiger partial charge in [-0.25, -0.2) is 4.98 Å². The van der Waals surface area contributed by atoms with Gasteiger partial charge in [0.25, 0.3) is 0 Å². The van der Waals surface area contributed by atoms with Gasteiger partial charge in [-0.05, 0) is 31.4 Å². The molecule has 0 spiro atoms. The number of aryl methyl sites for hydroxylation is 1. The van der Waals surface area contributed by atoms with Crippen LogP contribution in [0.2, 0.25) is 0 Å². The van der Waals surface area contributed by atoms with Crippen LogP contribution in [0.4, 0.5) is 0 Å². The van der Waals surface area contributed by atoms with Crippen LogP contribution in [0.3, 0.4) is 0 Å². The highest BCUT2D eigenvalue weighted by molar-refractivity contribution is 5.47. The van der Waals surface area contributed by atoms with Gasteiger partial charge in [-0.15, -0.1) is 0 Å². The topological polar surface area (TPSA) is 43.3 Å². The minimum atomic E-state index is -0.208. The molecule has 0 saturated heterocycles. The van der Waals surface area contributed by atoms with Gasteiger partial charge < -0.3 is 10.1 Å². The van der Waals surface area contributed by atoms with Crippen molar-refractivity contribution < 1.29 is 0 Å². The van der Waals surface area contributed by atoms with Crippen molar-refractivity contribution in [3.05, 3.63) is 35.9 Å². The van der Waals surface area contributed by atoms with Crippen LogP contribution in [0.5, 0.6) is 0 Å². The van der Waals surface area contributed by atoms with E-state index >= 15 is 0 Å². The van der Waals surface area contributed by atoms with Crippen LogP contribution in [-0.4, -0.2) is 9.38 Å². The number of nitrogens with zero attached hydrogens (tertiary/aromatic N) is 2. The Balaban J connectivity index is 2.19. The lowest BCUT2D eigenvalue weighted by atomic mass is 9.98. The molecule has 84 valence electrons. The molecule has 3 nitrogen and oxygen atoms in total. The summed E-state index contributed by atoms with van der Waals surface area (Å²) in [5.74, 6) is 1.03. The number of rotatable bonds is 1. The van der Waals surface area contributed by atoms with E-state index in [1.165, 1.54) is 18.4 Å². The first-order valence-corrected chi connectivity index (χ1v) is 5.92. The Hall–Kier alpha value is -1.35. The summed E-state index contributed by atoms with van der Waals surface area (Å²) >= 11 is 0. The third-order valence-corrected chi connectivity index (χ3v) is 3.62. The van der Waals surface area contributed by atoms with Crippen molar-refractivity contribution in [1.29, 1.82) is 0 Å². The molecule has 3 rings (SSSR count). The number of nitrogens with two attached hydrogens (primary N) is 1. The fraction of sp³-hybridized carbons (Fsp3) is 0.462. The Kier molecular flexibility index (Phi) is 2.04. The molecule has 0 atom stereocenters. The fourth-order valence-corrected chi connectivity index (χ4v) is 2.69. The van der Waals surface area contributed by atoms with E-state index in [-0.39, 0.29) is 5.54 Å². The van der Waals surface area contributed by atoms with E-state index in [2.05, 4.69) is 34.6 Å². The summed E-state index contributed by atoms with van der Waals surface area (Å²) in [7, 11) is 0. The van der Waals surface area contributed by atoms with E-state index in [9.17, 15) is 0 Å². The molecule has 2 aromatic rings. The van der Waals surface area contributed by atoms with E-state index in [1.54, 1.807) is 0 Å². The molecule has 0 amide bonds.